The Bertz CT molecular complexity index is 956. The zero-order chi connectivity index (χ0) is 22.8. The van der Waals surface area contributed by atoms with Crippen LogP contribution < -0.4 is 11.5 Å². The topological polar surface area (TPSA) is 98.1 Å². The maximum absolute atomic E-state index is 14.4. The smallest absolute Gasteiger partial charge is 0.141 e. The molecule has 1 unspecified atom stereocenters. The second kappa shape index (κ2) is 11.9. The molecule has 1 saturated heterocycles. The van der Waals surface area contributed by atoms with Crippen molar-refractivity contribution in [1.82, 2.24) is 14.9 Å². The minimum Gasteiger partial charge on any atom is -0.382 e. The molecular weight excluding hydrogens is 393 g/mol. The van der Waals surface area contributed by atoms with Crippen molar-refractivity contribution < 1.29 is 9.18 Å². The molecule has 0 saturated carbocycles. The Morgan fingerprint density at radius 1 is 1.10 bits per heavy atom. The molecule has 164 valence electrons. The molecule has 1 aliphatic heterocycles. The lowest BCUT2D eigenvalue weighted by atomic mass is 9.98. The Labute approximate surface area is 183 Å². The molecule has 2 heterocycles. The number of anilines is 1. The summed E-state index contributed by atoms with van der Waals surface area (Å²) in [5, 5.41) is 0. The first-order valence-electron chi connectivity index (χ1n) is 10.1. The van der Waals surface area contributed by atoms with Gasteiger partial charge in [0.1, 0.15) is 18.4 Å². The van der Waals surface area contributed by atoms with Crippen LogP contribution in [0.25, 0.3) is 22.4 Å². The molecule has 0 amide bonds. The number of likely N-dealkylation sites (N-methyl/N-ethyl adjacent to an activating group) is 1. The first kappa shape index (κ1) is 24.1. The molecule has 0 radical (unpaired) electrons. The SMILES string of the molecule is C=O.CN1CCCC(N)C1.Cc1ccccc1-c1ccc(-c2cnc(N)cn2)c(F)c1. The number of aryl methyl sites for hydroxylation is 1. The number of hydrogen-bond donors (Lipinski definition) is 2. The molecule has 7 heteroatoms. The van der Waals surface area contributed by atoms with E-state index < -0.39 is 0 Å². The molecule has 4 N–H and O–H groups in total. The number of benzene rings is 2. The summed E-state index contributed by atoms with van der Waals surface area (Å²) in [6.45, 7) is 6.32. The third-order valence-electron chi connectivity index (χ3n) is 5.03. The van der Waals surface area contributed by atoms with Crippen LogP contribution in [0.1, 0.15) is 18.4 Å². The Morgan fingerprint density at radius 2 is 1.84 bits per heavy atom. The summed E-state index contributed by atoms with van der Waals surface area (Å²) in [4.78, 5) is 18.3. The van der Waals surface area contributed by atoms with Gasteiger partial charge in [-0.05, 0) is 62.2 Å². The average molecular weight is 424 g/mol. The molecule has 0 bridgehead atoms. The van der Waals surface area contributed by atoms with Crippen molar-refractivity contribution in [2.24, 2.45) is 5.73 Å². The summed E-state index contributed by atoms with van der Waals surface area (Å²) in [5.41, 5.74) is 15.0. The van der Waals surface area contributed by atoms with Crippen LogP contribution in [0.4, 0.5) is 10.2 Å². The number of piperidine rings is 1. The molecule has 3 aromatic rings. The predicted octanol–water partition coefficient (Wildman–Crippen LogP) is 3.69. The van der Waals surface area contributed by atoms with Gasteiger partial charge < -0.3 is 21.2 Å². The quantitative estimate of drug-likeness (QED) is 0.652. The molecule has 1 aromatic heterocycles. The number of nitrogens with two attached hydrogens (primary N) is 2. The molecule has 1 fully saturated rings. The number of nitrogen functional groups attached to an aromatic ring is 1. The van der Waals surface area contributed by atoms with Gasteiger partial charge in [0, 0.05) is 18.2 Å². The van der Waals surface area contributed by atoms with Gasteiger partial charge in [-0.25, -0.2) is 9.37 Å². The summed E-state index contributed by atoms with van der Waals surface area (Å²) in [5.74, 6) is -0.00878. The lowest BCUT2D eigenvalue weighted by molar-refractivity contribution is -0.0979. The lowest BCUT2D eigenvalue weighted by Gasteiger charge is -2.26. The normalized spacial score (nSPS) is 15.8. The van der Waals surface area contributed by atoms with Crippen molar-refractivity contribution in [3.63, 3.8) is 0 Å². The van der Waals surface area contributed by atoms with Crippen molar-refractivity contribution in [1.29, 1.82) is 0 Å². The number of halogens is 1. The van der Waals surface area contributed by atoms with Crippen molar-refractivity contribution in [3.8, 4) is 22.4 Å². The van der Waals surface area contributed by atoms with Gasteiger partial charge in [-0.1, -0.05) is 30.3 Å². The Balaban J connectivity index is 0.000000286. The molecule has 0 spiro atoms. The van der Waals surface area contributed by atoms with Crippen LogP contribution in [0.15, 0.2) is 54.9 Å². The van der Waals surface area contributed by atoms with Gasteiger partial charge in [-0.3, -0.25) is 4.98 Å². The van der Waals surface area contributed by atoms with E-state index in [0.29, 0.717) is 23.1 Å². The number of nitrogens with zero attached hydrogens (tertiary/aromatic N) is 3. The van der Waals surface area contributed by atoms with E-state index in [2.05, 4.69) is 21.9 Å². The van der Waals surface area contributed by atoms with Crippen molar-refractivity contribution >= 4 is 12.6 Å². The Kier molecular flexibility index (Phi) is 9.24. The average Bonchev–Trinajstić information content (AvgIpc) is 2.76. The van der Waals surface area contributed by atoms with Crippen LogP contribution >= 0.6 is 0 Å². The number of hydrogen-bond acceptors (Lipinski definition) is 6. The van der Waals surface area contributed by atoms with Crippen LogP contribution in [-0.2, 0) is 4.79 Å². The van der Waals surface area contributed by atoms with Gasteiger partial charge in [0.05, 0.1) is 18.1 Å². The van der Waals surface area contributed by atoms with E-state index in [0.717, 1.165) is 23.2 Å². The monoisotopic (exact) mass is 423 g/mol. The van der Waals surface area contributed by atoms with Gasteiger partial charge in [-0.2, -0.15) is 0 Å². The summed E-state index contributed by atoms with van der Waals surface area (Å²) in [6.07, 6.45) is 5.38. The maximum atomic E-state index is 14.4. The number of carbonyl (C=O) groups excluding carboxylic acids is 1. The van der Waals surface area contributed by atoms with Gasteiger partial charge in [0.2, 0.25) is 0 Å². The fourth-order valence-electron chi connectivity index (χ4n) is 3.47. The Morgan fingerprint density at radius 3 is 2.39 bits per heavy atom. The summed E-state index contributed by atoms with van der Waals surface area (Å²) in [6, 6.07) is 13.5. The summed E-state index contributed by atoms with van der Waals surface area (Å²) >= 11 is 0. The standard InChI is InChI=1S/C17H14FN3.C6H14N2.CH2O/c1-11-4-2-3-5-13(11)12-6-7-14(15(18)8-12)16-9-21-17(19)10-20-16;1-8-4-2-3-6(7)5-8;1-2/h2-10H,1H3,(H2,19,21);6H,2-5,7H2,1H3;1H2. The molecule has 1 atom stereocenters. The van der Waals surface area contributed by atoms with Crippen LogP contribution in [-0.4, -0.2) is 47.8 Å². The lowest BCUT2D eigenvalue weighted by Crippen LogP contribution is -2.40. The second-order valence-electron chi connectivity index (χ2n) is 7.50. The molecule has 0 aliphatic carbocycles. The van der Waals surface area contributed by atoms with E-state index in [1.807, 2.05) is 44.0 Å². The fraction of sp³-hybridized carbons (Fsp3) is 0.292. The van der Waals surface area contributed by atoms with Gasteiger partial charge in [0.15, 0.2) is 0 Å². The van der Waals surface area contributed by atoms with Gasteiger partial charge >= 0.3 is 0 Å². The zero-order valence-electron chi connectivity index (χ0n) is 18.1. The second-order valence-corrected chi connectivity index (χ2v) is 7.50. The number of carbonyl (C=O) groups is 1. The Hall–Kier alpha value is -3.16. The largest absolute Gasteiger partial charge is 0.382 e. The van der Waals surface area contributed by atoms with E-state index in [1.165, 1.54) is 37.8 Å². The predicted molar refractivity (Wildman–Crippen MR) is 124 cm³/mol. The zero-order valence-corrected chi connectivity index (χ0v) is 18.1. The van der Waals surface area contributed by atoms with Crippen LogP contribution in [0.5, 0.6) is 0 Å². The maximum Gasteiger partial charge on any atom is 0.141 e. The fourth-order valence-corrected chi connectivity index (χ4v) is 3.47. The molecule has 4 rings (SSSR count). The minimum atomic E-state index is -0.324. The first-order valence-corrected chi connectivity index (χ1v) is 10.1. The molecule has 1 aliphatic rings. The van der Waals surface area contributed by atoms with E-state index in [1.54, 1.807) is 6.07 Å². The molecule has 2 aromatic carbocycles. The van der Waals surface area contributed by atoms with E-state index in [4.69, 9.17) is 16.3 Å². The summed E-state index contributed by atoms with van der Waals surface area (Å²) in [7, 11) is 2.12. The highest BCUT2D eigenvalue weighted by Crippen LogP contribution is 2.28. The van der Waals surface area contributed by atoms with Crippen molar-refractivity contribution in [2.45, 2.75) is 25.8 Å². The van der Waals surface area contributed by atoms with Crippen LogP contribution in [0, 0.1) is 12.7 Å². The minimum absolute atomic E-state index is 0.315. The molecule has 31 heavy (non-hydrogen) atoms. The van der Waals surface area contributed by atoms with Crippen molar-refractivity contribution in [2.75, 3.05) is 25.9 Å². The van der Waals surface area contributed by atoms with E-state index in [9.17, 15) is 4.39 Å². The van der Waals surface area contributed by atoms with Crippen LogP contribution in [0.3, 0.4) is 0 Å². The van der Waals surface area contributed by atoms with Crippen LogP contribution in [0.2, 0.25) is 0 Å². The molecule has 6 nitrogen and oxygen atoms in total. The third kappa shape index (κ3) is 6.94. The van der Waals surface area contributed by atoms with E-state index in [-0.39, 0.29) is 5.82 Å². The molecular formula is C24H30FN5O. The first-order chi connectivity index (χ1) is 14.9. The highest BCUT2D eigenvalue weighted by atomic mass is 19.1. The summed E-state index contributed by atoms with van der Waals surface area (Å²) < 4.78 is 14.4. The van der Waals surface area contributed by atoms with Crippen molar-refractivity contribution in [3.05, 3.63) is 66.2 Å². The number of aromatic nitrogens is 2. The third-order valence-corrected chi connectivity index (χ3v) is 5.03. The van der Waals surface area contributed by atoms with Gasteiger partial charge in [0.25, 0.3) is 0 Å². The van der Waals surface area contributed by atoms with E-state index >= 15 is 0 Å². The number of rotatable bonds is 2. The highest BCUT2D eigenvalue weighted by Gasteiger charge is 2.12. The van der Waals surface area contributed by atoms with Gasteiger partial charge in [-0.15, -0.1) is 0 Å². The number of likely N-dealkylation sites (tertiary alicyclic amines) is 1. The highest BCUT2D eigenvalue weighted by molar-refractivity contribution is 5.71.